The van der Waals surface area contributed by atoms with E-state index < -0.39 is 5.97 Å². The number of unbranched alkanes of at least 4 members (excludes halogenated alkanes) is 1. The summed E-state index contributed by atoms with van der Waals surface area (Å²) in [4.78, 5) is 12.3. The Morgan fingerprint density at radius 3 is 2.72 bits per heavy atom. The highest BCUT2D eigenvalue weighted by atomic mass is 16.4. The molecule has 4 heteroatoms. The van der Waals surface area contributed by atoms with Crippen LogP contribution in [-0.4, -0.2) is 34.7 Å². The standard InChI is InChI=1S/C14H21NO3/c1-3-4-5-11-6-7-13(16)12(8-11)9-15(2)10-14(17)18/h6-8,16H,3-5,9-10H2,1-2H3,(H,17,18). The maximum absolute atomic E-state index is 10.6. The molecular weight excluding hydrogens is 230 g/mol. The summed E-state index contributed by atoms with van der Waals surface area (Å²) in [5.41, 5.74) is 1.97. The molecular formula is C14H21NO3. The van der Waals surface area contributed by atoms with Gasteiger partial charge in [-0.1, -0.05) is 25.5 Å². The summed E-state index contributed by atoms with van der Waals surface area (Å²) in [6.07, 6.45) is 3.25. The number of hydrogen-bond donors (Lipinski definition) is 2. The first-order valence-electron chi connectivity index (χ1n) is 6.24. The summed E-state index contributed by atoms with van der Waals surface area (Å²) in [6.45, 7) is 2.55. The van der Waals surface area contributed by atoms with Crippen LogP contribution in [-0.2, 0) is 17.8 Å². The van der Waals surface area contributed by atoms with E-state index in [0.29, 0.717) is 6.54 Å². The summed E-state index contributed by atoms with van der Waals surface area (Å²) in [7, 11) is 1.73. The first-order chi connectivity index (χ1) is 8.52. The molecule has 0 amide bonds. The lowest BCUT2D eigenvalue weighted by molar-refractivity contribution is -0.138. The van der Waals surface area contributed by atoms with E-state index in [1.165, 1.54) is 5.56 Å². The zero-order valence-corrected chi connectivity index (χ0v) is 11.0. The van der Waals surface area contributed by atoms with Gasteiger partial charge >= 0.3 is 5.97 Å². The number of rotatable bonds is 7. The highest BCUT2D eigenvalue weighted by Gasteiger charge is 2.09. The van der Waals surface area contributed by atoms with Gasteiger partial charge in [-0.15, -0.1) is 0 Å². The van der Waals surface area contributed by atoms with E-state index in [1.54, 1.807) is 18.0 Å². The van der Waals surface area contributed by atoms with Crippen LogP contribution in [0.5, 0.6) is 5.75 Å². The fraction of sp³-hybridized carbons (Fsp3) is 0.500. The predicted octanol–water partition coefficient (Wildman–Crippen LogP) is 2.25. The van der Waals surface area contributed by atoms with Crippen LogP contribution in [0.1, 0.15) is 30.9 Å². The number of aliphatic carboxylic acids is 1. The first kappa shape index (κ1) is 14.5. The normalized spacial score (nSPS) is 10.8. The minimum atomic E-state index is -0.862. The van der Waals surface area contributed by atoms with Crippen molar-refractivity contribution < 1.29 is 15.0 Å². The van der Waals surface area contributed by atoms with E-state index in [2.05, 4.69) is 6.92 Å². The number of phenolic OH excluding ortho intramolecular Hbond substituents is 1. The molecule has 0 fully saturated rings. The molecule has 0 radical (unpaired) electrons. The minimum absolute atomic E-state index is 0.0291. The average molecular weight is 251 g/mol. The van der Waals surface area contributed by atoms with Crippen molar-refractivity contribution in [2.45, 2.75) is 32.7 Å². The second-order valence-electron chi connectivity index (χ2n) is 4.63. The van der Waals surface area contributed by atoms with Gasteiger partial charge in [-0.05, 0) is 31.5 Å². The van der Waals surface area contributed by atoms with Gasteiger partial charge < -0.3 is 10.2 Å². The maximum atomic E-state index is 10.6. The topological polar surface area (TPSA) is 60.8 Å². The molecule has 0 bridgehead atoms. The molecule has 0 spiro atoms. The van der Waals surface area contributed by atoms with Gasteiger partial charge in [-0.2, -0.15) is 0 Å². The summed E-state index contributed by atoms with van der Waals surface area (Å²) in [6, 6.07) is 5.57. The Kier molecular flexibility index (Phi) is 5.65. The number of carbonyl (C=O) groups is 1. The number of aryl methyl sites for hydroxylation is 1. The lowest BCUT2D eigenvalue weighted by atomic mass is 10.0. The lowest BCUT2D eigenvalue weighted by Crippen LogP contribution is -2.25. The second-order valence-corrected chi connectivity index (χ2v) is 4.63. The maximum Gasteiger partial charge on any atom is 0.317 e. The molecule has 1 rings (SSSR count). The summed E-state index contributed by atoms with van der Waals surface area (Å²) in [5, 5.41) is 18.5. The van der Waals surface area contributed by atoms with E-state index in [9.17, 15) is 9.90 Å². The van der Waals surface area contributed by atoms with Crippen molar-refractivity contribution in [3.63, 3.8) is 0 Å². The van der Waals surface area contributed by atoms with E-state index in [-0.39, 0.29) is 12.3 Å². The van der Waals surface area contributed by atoms with Crippen LogP contribution < -0.4 is 0 Å². The van der Waals surface area contributed by atoms with Crippen molar-refractivity contribution in [1.82, 2.24) is 4.90 Å². The Balaban J connectivity index is 2.71. The van der Waals surface area contributed by atoms with Crippen LogP contribution in [0.15, 0.2) is 18.2 Å². The Morgan fingerprint density at radius 1 is 1.39 bits per heavy atom. The number of aromatic hydroxyl groups is 1. The van der Waals surface area contributed by atoms with Gasteiger partial charge in [0.15, 0.2) is 0 Å². The molecule has 0 unspecified atom stereocenters. The summed E-state index contributed by atoms with van der Waals surface area (Å²) < 4.78 is 0. The van der Waals surface area contributed by atoms with Crippen LogP contribution in [0.2, 0.25) is 0 Å². The third kappa shape index (κ3) is 4.75. The third-order valence-corrected chi connectivity index (χ3v) is 2.81. The molecule has 0 aliphatic rings. The molecule has 0 aromatic heterocycles. The van der Waals surface area contributed by atoms with Crippen molar-refractivity contribution in [3.8, 4) is 5.75 Å². The molecule has 0 saturated heterocycles. The van der Waals surface area contributed by atoms with Crippen molar-refractivity contribution in [2.75, 3.05) is 13.6 Å². The third-order valence-electron chi connectivity index (χ3n) is 2.81. The second kappa shape index (κ2) is 7.01. The summed E-state index contributed by atoms with van der Waals surface area (Å²) in [5.74, 6) is -0.633. The molecule has 0 heterocycles. The van der Waals surface area contributed by atoms with Gasteiger partial charge in [0.2, 0.25) is 0 Å². The van der Waals surface area contributed by atoms with E-state index in [0.717, 1.165) is 24.8 Å². The lowest BCUT2D eigenvalue weighted by Gasteiger charge is -2.15. The average Bonchev–Trinajstić information content (AvgIpc) is 2.29. The van der Waals surface area contributed by atoms with E-state index in [4.69, 9.17) is 5.11 Å². The number of carboxylic acid groups (broad SMARTS) is 1. The van der Waals surface area contributed by atoms with Crippen molar-refractivity contribution in [3.05, 3.63) is 29.3 Å². The highest BCUT2D eigenvalue weighted by molar-refractivity contribution is 5.69. The van der Waals surface area contributed by atoms with Gasteiger partial charge in [-0.3, -0.25) is 9.69 Å². The molecule has 2 N–H and O–H groups in total. The van der Waals surface area contributed by atoms with Gasteiger partial charge in [0.25, 0.3) is 0 Å². The smallest absolute Gasteiger partial charge is 0.317 e. The first-order valence-corrected chi connectivity index (χ1v) is 6.24. The predicted molar refractivity (Wildman–Crippen MR) is 70.7 cm³/mol. The molecule has 0 saturated carbocycles. The zero-order valence-electron chi connectivity index (χ0n) is 11.0. The Morgan fingerprint density at radius 2 is 2.11 bits per heavy atom. The number of benzene rings is 1. The van der Waals surface area contributed by atoms with Gasteiger partial charge in [-0.25, -0.2) is 0 Å². The Bertz CT molecular complexity index is 404. The number of carboxylic acids is 1. The van der Waals surface area contributed by atoms with E-state index >= 15 is 0 Å². The number of hydrogen-bond acceptors (Lipinski definition) is 3. The fourth-order valence-corrected chi connectivity index (χ4v) is 1.88. The summed E-state index contributed by atoms with van der Waals surface area (Å²) >= 11 is 0. The van der Waals surface area contributed by atoms with Crippen LogP contribution in [0.25, 0.3) is 0 Å². The zero-order chi connectivity index (χ0) is 13.5. The molecule has 18 heavy (non-hydrogen) atoms. The Hall–Kier alpha value is -1.55. The number of nitrogens with zero attached hydrogens (tertiary/aromatic N) is 1. The quantitative estimate of drug-likeness (QED) is 0.780. The molecule has 1 aromatic rings. The molecule has 100 valence electrons. The van der Waals surface area contributed by atoms with Crippen LogP contribution in [0.3, 0.4) is 0 Å². The molecule has 4 nitrogen and oxygen atoms in total. The van der Waals surface area contributed by atoms with Gasteiger partial charge in [0, 0.05) is 12.1 Å². The number of phenols is 1. The molecule has 0 aliphatic carbocycles. The van der Waals surface area contributed by atoms with Crippen LogP contribution >= 0.6 is 0 Å². The highest BCUT2D eigenvalue weighted by Crippen LogP contribution is 2.21. The minimum Gasteiger partial charge on any atom is -0.508 e. The molecule has 0 aliphatic heterocycles. The van der Waals surface area contributed by atoms with Gasteiger partial charge in [0.05, 0.1) is 6.54 Å². The SMILES string of the molecule is CCCCc1ccc(O)c(CN(C)CC(=O)O)c1. The largest absolute Gasteiger partial charge is 0.508 e. The monoisotopic (exact) mass is 251 g/mol. The number of likely N-dealkylation sites (N-methyl/N-ethyl adjacent to an activating group) is 1. The van der Waals surface area contributed by atoms with Crippen molar-refractivity contribution in [2.24, 2.45) is 0 Å². The van der Waals surface area contributed by atoms with Crippen molar-refractivity contribution in [1.29, 1.82) is 0 Å². The Labute approximate surface area is 108 Å². The van der Waals surface area contributed by atoms with Crippen LogP contribution in [0.4, 0.5) is 0 Å². The van der Waals surface area contributed by atoms with Crippen LogP contribution in [0, 0.1) is 0 Å². The molecule has 0 atom stereocenters. The van der Waals surface area contributed by atoms with E-state index in [1.807, 2.05) is 12.1 Å². The molecule has 1 aromatic carbocycles. The van der Waals surface area contributed by atoms with Crippen molar-refractivity contribution >= 4 is 5.97 Å². The van der Waals surface area contributed by atoms with Gasteiger partial charge in [0.1, 0.15) is 5.75 Å². The fourth-order valence-electron chi connectivity index (χ4n) is 1.88.